The fourth-order valence-corrected chi connectivity index (χ4v) is 2.59. The lowest BCUT2D eigenvalue weighted by Gasteiger charge is -2.09. The van der Waals surface area contributed by atoms with E-state index in [9.17, 15) is 14.4 Å². The second-order valence-corrected chi connectivity index (χ2v) is 6.16. The van der Waals surface area contributed by atoms with E-state index in [-0.39, 0.29) is 24.2 Å². The van der Waals surface area contributed by atoms with Gasteiger partial charge in [0, 0.05) is 22.5 Å². The van der Waals surface area contributed by atoms with Gasteiger partial charge in [0.1, 0.15) is 5.75 Å². The Labute approximate surface area is 173 Å². The molecule has 0 saturated heterocycles. The Hall–Kier alpha value is -4.13. The van der Waals surface area contributed by atoms with Crippen molar-refractivity contribution < 1.29 is 23.9 Å². The Bertz CT molecular complexity index is 1030. The molecule has 0 unspecified atom stereocenters. The SMILES string of the molecule is CCOC(=O)Oc1ccc(C(=O)Nc2cccc(NC(=O)c3ccccc3)c2)cc1. The van der Waals surface area contributed by atoms with Gasteiger partial charge in [-0.3, -0.25) is 9.59 Å². The van der Waals surface area contributed by atoms with Crippen LogP contribution in [-0.4, -0.2) is 24.6 Å². The normalized spacial score (nSPS) is 10.0. The van der Waals surface area contributed by atoms with E-state index in [1.54, 1.807) is 55.5 Å². The number of carbonyl (C=O) groups excluding carboxylic acids is 3. The summed E-state index contributed by atoms with van der Waals surface area (Å²) in [6.07, 6.45) is -0.802. The zero-order valence-electron chi connectivity index (χ0n) is 16.3. The van der Waals surface area contributed by atoms with Crippen LogP contribution >= 0.6 is 0 Å². The van der Waals surface area contributed by atoms with Crippen LogP contribution in [0.2, 0.25) is 0 Å². The zero-order chi connectivity index (χ0) is 21.3. The Kier molecular flexibility index (Phi) is 6.78. The molecule has 0 aliphatic carbocycles. The second kappa shape index (κ2) is 9.88. The number of hydrogen-bond donors (Lipinski definition) is 2. The second-order valence-electron chi connectivity index (χ2n) is 6.16. The van der Waals surface area contributed by atoms with Crippen molar-refractivity contribution in [1.29, 1.82) is 0 Å². The average molecular weight is 404 g/mol. The molecule has 0 bridgehead atoms. The van der Waals surface area contributed by atoms with E-state index in [0.717, 1.165) is 0 Å². The summed E-state index contributed by atoms with van der Waals surface area (Å²) in [7, 11) is 0. The highest BCUT2D eigenvalue weighted by Gasteiger charge is 2.10. The lowest BCUT2D eigenvalue weighted by Crippen LogP contribution is -2.14. The number of amides is 2. The van der Waals surface area contributed by atoms with Gasteiger partial charge in [0.2, 0.25) is 0 Å². The molecule has 2 N–H and O–H groups in total. The van der Waals surface area contributed by atoms with Crippen LogP contribution < -0.4 is 15.4 Å². The van der Waals surface area contributed by atoms with Crippen molar-refractivity contribution in [2.45, 2.75) is 6.92 Å². The van der Waals surface area contributed by atoms with Crippen molar-refractivity contribution in [2.24, 2.45) is 0 Å². The average Bonchev–Trinajstić information content (AvgIpc) is 2.75. The summed E-state index contributed by atoms with van der Waals surface area (Å²) in [6.45, 7) is 1.89. The van der Waals surface area contributed by atoms with Gasteiger partial charge in [-0.05, 0) is 61.5 Å². The van der Waals surface area contributed by atoms with Crippen LogP contribution in [-0.2, 0) is 4.74 Å². The van der Waals surface area contributed by atoms with Crippen LogP contribution in [0.1, 0.15) is 27.6 Å². The summed E-state index contributed by atoms with van der Waals surface area (Å²) in [4.78, 5) is 36.1. The van der Waals surface area contributed by atoms with Gasteiger partial charge in [0.05, 0.1) is 6.61 Å². The van der Waals surface area contributed by atoms with Gasteiger partial charge in [-0.1, -0.05) is 24.3 Å². The van der Waals surface area contributed by atoms with Crippen molar-refractivity contribution in [1.82, 2.24) is 0 Å². The summed E-state index contributed by atoms with van der Waals surface area (Å²) in [5, 5.41) is 5.57. The van der Waals surface area contributed by atoms with Crippen molar-refractivity contribution in [3.63, 3.8) is 0 Å². The molecule has 152 valence electrons. The van der Waals surface area contributed by atoms with Crippen molar-refractivity contribution in [3.05, 3.63) is 90.0 Å². The third-order valence-electron chi connectivity index (χ3n) is 3.99. The minimum absolute atomic E-state index is 0.212. The minimum atomic E-state index is -0.802. The molecule has 3 rings (SSSR count). The zero-order valence-corrected chi connectivity index (χ0v) is 16.3. The fourth-order valence-electron chi connectivity index (χ4n) is 2.59. The van der Waals surface area contributed by atoms with Crippen LogP contribution in [0.15, 0.2) is 78.9 Å². The Morgan fingerprint density at radius 3 is 1.87 bits per heavy atom. The first-order valence-corrected chi connectivity index (χ1v) is 9.27. The van der Waals surface area contributed by atoms with Gasteiger partial charge < -0.3 is 20.1 Å². The van der Waals surface area contributed by atoms with Crippen LogP contribution in [0.4, 0.5) is 16.2 Å². The number of ether oxygens (including phenoxy) is 2. The minimum Gasteiger partial charge on any atom is -0.434 e. The first-order valence-electron chi connectivity index (χ1n) is 9.27. The topological polar surface area (TPSA) is 93.7 Å². The largest absolute Gasteiger partial charge is 0.513 e. The fraction of sp³-hybridized carbons (Fsp3) is 0.0870. The highest BCUT2D eigenvalue weighted by molar-refractivity contribution is 6.06. The van der Waals surface area contributed by atoms with Gasteiger partial charge >= 0.3 is 6.16 Å². The van der Waals surface area contributed by atoms with Crippen molar-refractivity contribution >= 4 is 29.3 Å². The molecule has 0 heterocycles. The molecule has 0 radical (unpaired) electrons. The number of anilines is 2. The van der Waals surface area contributed by atoms with Crippen LogP contribution in [0, 0.1) is 0 Å². The van der Waals surface area contributed by atoms with E-state index >= 15 is 0 Å². The number of rotatable bonds is 6. The third-order valence-corrected chi connectivity index (χ3v) is 3.99. The first-order chi connectivity index (χ1) is 14.5. The maximum absolute atomic E-state index is 12.5. The molecule has 0 spiro atoms. The van der Waals surface area contributed by atoms with E-state index in [0.29, 0.717) is 22.5 Å². The summed E-state index contributed by atoms with van der Waals surface area (Å²) in [6, 6.07) is 21.8. The summed E-state index contributed by atoms with van der Waals surface area (Å²) in [5.41, 5.74) is 2.00. The lowest BCUT2D eigenvalue weighted by atomic mass is 10.2. The van der Waals surface area contributed by atoms with Gasteiger partial charge in [-0.25, -0.2) is 4.79 Å². The van der Waals surface area contributed by atoms with Gasteiger partial charge in [0.15, 0.2) is 0 Å². The number of nitrogens with one attached hydrogen (secondary N) is 2. The van der Waals surface area contributed by atoms with Crippen LogP contribution in [0.3, 0.4) is 0 Å². The number of carbonyl (C=O) groups is 3. The molecule has 0 atom stereocenters. The molecular weight excluding hydrogens is 384 g/mol. The molecule has 0 fully saturated rings. The quantitative estimate of drug-likeness (QED) is 0.458. The molecule has 0 saturated carbocycles. The standard InChI is InChI=1S/C23H20N2O5/c1-2-29-23(28)30-20-13-11-17(12-14-20)22(27)25-19-10-6-9-18(15-19)24-21(26)16-7-4-3-5-8-16/h3-15H,2H2,1H3,(H,24,26)(H,25,27). The Morgan fingerprint density at radius 2 is 1.30 bits per heavy atom. The molecule has 7 heteroatoms. The van der Waals surface area contributed by atoms with Gasteiger partial charge in [-0.2, -0.15) is 0 Å². The summed E-state index contributed by atoms with van der Waals surface area (Å²) < 4.78 is 9.66. The molecule has 7 nitrogen and oxygen atoms in total. The smallest absolute Gasteiger partial charge is 0.434 e. The molecule has 30 heavy (non-hydrogen) atoms. The molecule has 0 aromatic heterocycles. The monoisotopic (exact) mass is 404 g/mol. The van der Waals surface area contributed by atoms with E-state index in [1.165, 1.54) is 24.3 Å². The molecule has 0 aliphatic heterocycles. The molecule has 0 aliphatic rings. The molecule has 3 aromatic rings. The van der Waals surface area contributed by atoms with Crippen molar-refractivity contribution in [3.8, 4) is 5.75 Å². The summed E-state index contributed by atoms with van der Waals surface area (Å²) >= 11 is 0. The van der Waals surface area contributed by atoms with Gasteiger partial charge in [0.25, 0.3) is 11.8 Å². The van der Waals surface area contributed by atoms with E-state index < -0.39 is 6.16 Å². The molecule has 3 aromatic carbocycles. The Balaban J connectivity index is 1.62. The first kappa shape index (κ1) is 20.6. The molecule has 2 amide bonds. The van der Waals surface area contributed by atoms with Crippen molar-refractivity contribution in [2.75, 3.05) is 17.2 Å². The third kappa shape index (κ3) is 5.68. The highest BCUT2D eigenvalue weighted by Crippen LogP contribution is 2.18. The highest BCUT2D eigenvalue weighted by atomic mass is 16.7. The molecular formula is C23H20N2O5. The number of benzene rings is 3. The Morgan fingerprint density at radius 1 is 0.733 bits per heavy atom. The van der Waals surface area contributed by atoms with E-state index in [2.05, 4.69) is 10.6 Å². The van der Waals surface area contributed by atoms with Crippen LogP contribution in [0.5, 0.6) is 5.75 Å². The lowest BCUT2D eigenvalue weighted by molar-refractivity contribution is 0.101. The van der Waals surface area contributed by atoms with Gasteiger partial charge in [-0.15, -0.1) is 0 Å². The van der Waals surface area contributed by atoms with E-state index in [4.69, 9.17) is 9.47 Å². The van der Waals surface area contributed by atoms with E-state index in [1.807, 2.05) is 6.07 Å². The maximum Gasteiger partial charge on any atom is 0.513 e. The summed E-state index contributed by atoms with van der Waals surface area (Å²) in [5.74, 6) is -0.309. The van der Waals surface area contributed by atoms with Crippen LogP contribution in [0.25, 0.3) is 0 Å². The predicted octanol–water partition coefficient (Wildman–Crippen LogP) is 4.73. The predicted molar refractivity (Wildman–Crippen MR) is 113 cm³/mol. The number of hydrogen-bond acceptors (Lipinski definition) is 5. The maximum atomic E-state index is 12.5.